The summed E-state index contributed by atoms with van der Waals surface area (Å²) >= 11 is 1.19. The van der Waals surface area contributed by atoms with E-state index in [0.717, 1.165) is 0 Å². The highest BCUT2D eigenvalue weighted by Gasteiger charge is 2.55. The molecule has 0 aromatic carbocycles. The Kier molecular flexibility index (Phi) is 4.06. The van der Waals surface area contributed by atoms with Gasteiger partial charge in [0.15, 0.2) is 5.60 Å². The third kappa shape index (κ3) is 2.67. The summed E-state index contributed by atoms with van der Waals surface area (Å²) in [4.78, 5) is 18.1. The zero-order valence-electron chi connectivity index (χ0n) is 10.9. The Morgan fingerprint density at radius 1 is 1.50 bits per heavy atom. The molecule has 0 spiro atoms. The van der Waals surface area contributed by atoms with E-state index in [0.29, 0.717) is 17.0 Å². The third-order valence-electron chi connectivity index (χ3n) is 3.58. The van der Waals surface area contributed by atoms with E-state index in [4.69, 9.17) is 0 Å². The van der Waals surface area contributed by atoms with Crippen molar-refractivity contribution < 1.29 is 23.1 Å². The number of halogens is 3. The fraction of sp³-hybridized carbons (Fsp3) is 0.667. The van der Waals surface area contributed by atoms with E-state index < -0.39 is 24.6 Å². The maximum Gasteiger partial charge on any atom is 0.417 e. The lowest BCUT2D eigenvalue weighted by Crippen LogP contribution is -2.54. The number of amides is 1. The molecule has 0 radical (unpaired) electrons. The Bertz CT molecular complexity index is 493. The number of hydrogen-bond donors (Lipinski definition) is 1. The first-order chi connectivity index (χ1) is 9.28. The van der Waals surface area contributed by atoms with Crippen LogP contribution in [0, 0.1) is 0 Å². The molecule has 0 aliphatic carbocycles. The quantitative estimate of drug-likeness (QED) is 0.911. The summed E-state index contributed by atoms with van der Waals surface area (Å²) in [6, 6.07) is 0. The molecular weight excluding hydrogens is 293 g/mol. The maximum atomic E-state index is 12.7. The van der Waals surface area contributed by atoms with Gasteiger partial charge in [0, 0.05) is 25.9 Å². The van der Waals surface area contributed by atoms with Gasteiger partial charge in [-0.15, -0.1) is 11.3 Å². The van der Waals surface area contributed by atoms with E-state index in [-0.39, 0.29) is 19.0 Å². The minimum Gasteiger partial charge on any atom is -0.380 e. The van der Waals surface area contributed by atoms with Crippen molar-refractivity contribution in [3.8, 4) is 0 Å². The summed E-state index contributed by atoms with van der Waals surface area (Å²) < 4.78 is 38.1. The maximum absolute atomic E-state index is 12.7. The number of likely N-dealkylation sites (tertiary alicyclic amines) is 1. The first-order valence-electron chi connectivity index (χ1n) is 6.29. The van der Waals surface area contributed by atoms with Crippen molar-refractivity contribution in [2.45, 2.75) is 38.0 Å². The second-order valence-electron chi connectivity index (χ2n) is 4.80. The van der Waals surface area contributed by atoms with Gasteiger partial charge in [0.05, 0.1) is 11.2 Å². The lowest BCUT2D eigenvalue weighted by molar-refractivity contribution is -0.271. The number of aromatic nitrogens is 1. The van der Waals surface area contributed by atoms with E-state index >= 15 is 0 Å². The van der Waals surface area contributed by atoms with Gasteiger partial charge in [-0.05, 0) is 6.42 Å². The van der Waals surface area contributed by atoms with Gasteiger partial charge in [-0.3, -0.25) is 4.79 Å². The molecule has 0 unspecified atom stereocenters. The molecule has 20 heavy (non-hydrogen) atoms. The number of nitrogens with zero attached hydrogens (tertiary/aromatic N) is 2. The van der Waals surface area contributed by atoms with Gasteiger partial charge in [-0.2, -0.15) is 13.2 Å². The van der Waals surface area contributed by atoms with Crippen LogP contribution in [0.15, 0.2) is 5.51 Å². The normalized spacial score (nSPS) is 19.1. The molecule has 1 fully saturated rings. The minimum atomic E-state index is -4.65. The van der Waals surface area contributed by atoms with Gasteiger partial charge in [-0.25, -0.2) is 4.98 Å². The number of aliphatic hydroxyl groups is 1. The molecule has 1 saturated heterocycles. The van der Waals surface area contributed by atoms with Crippen LogP contribution >= 0.6 is 11.3 Å². The molecule has 112 valence electrons. The summed E-state index contributed by atoms with van der Waals surface area (Å²) in [6.07, 6.45) is -5.02. The Morgan fingerprint density at radius 3 is 2.60 bits per heavy atom. The Hall–Kier alpha value is -1.15. The molecule has 2 rings (SSSR count). The number of aryl methyl sites for hydroxylation is 1. The van der Waals surface area contributed by atoms with Crippen LogP contribution in [0.3, 0.4) is 0 Å². The predicted octanol–water partition coefficient (Wildman–Crippen LogP) is 2.23. The van der Waals surface area contributed by atoms with E-state index in [1.807, 2.05) is 6.92 Å². The summed E-state index contributed by atoms with van der Waals surface area (Å²) in [5.41, 5.74) is -0.454. The highest BCUT2D eigenvalue weighted by Crippen LogP contribution is 2.38. The molecular formula is C12H15F3N2O2S. The van der Waals surface area contributed by atoms with Gasteiger partial charge in [-0.1, -0.05) is 6.92 Å². The van der Waals surface area contributed by atoms with Gasteiger partial charge >= 0.3 is 6.18 Å². The summed E-state index contributed by atoms with van der Waals surface area (Å²) in [7, 11) is 0. The number of hydrogen-bond acceptors (Lipinski definition) is 4. The van der Waals surface area contributed by atoms with Crippen LogP contribution in [-0.4, -0.2) is 45.8 Å². The summed E-state index contributed by atoms with van der Waals surface area (Å²) in [6.45, 7) is 1.66. The predicted molar refractivity (Wildman–Crippen MR) is 67.6 cm³/mol. The van der Waals surface area contributed by atoms with Crippen molar-refractivity contribution >= 4 is 17.2 Å². The first kappa shape index (κ1) is 15.2. The zero-order valence-corrected chi connectivity index (χ0v) is 11.7. The van der Waals surface area contributed by atoms with Crippen LogP contribution in [0.2, 0.25) is 0 Å². The lowest BCUT2D eigenvalue weighted by atomic mass is 9.90. The number of carbonyl (C=O) groups is 1. The van der Waals surface area contributed by atoms with Crippen molar-refractivity contribution in [2.75, 3.05) is 13.1 Å². The number of thiazole rings is 1. The molecule has 2 heterocycles. The molecule has 0 bridgehead atoms. The number of rotatable bonds is 2. The van der Waals surface area contributed by atoms with Crippen LogP contribution in [0.1, 0.15) is 35.1 Å². The van der Waals surface area contributed by atoms with E-state index in [1.54, 1.807) is 5.51 Å². The zero-order chi connectivity index (χ0) is 15.0. The Labute approximate surface area is 118 Å². The first-order valence-corrected chi connectivity index (χ1v) is 7.17. The third-order valence-corrected chi connectivity index (χ3v) is 4.43. The lowest BCUT2D eigenvalue weighted by Gasteiger charge is -2.39. The average molecular weight is 308 g/mol. The molecule has 1 N–H and O–H groups in total. The Balaban J connectivity index is 2.06. The number of carbonyl (C=O) groups excluding carboxylic acids is 1. The smallest absolute Gasteiger partial charge is 0.380 e. The van der Waals surface area contributed by atoms with Crippen molar-refractivity contribution in [1.82, 2.24) is 9.88 Å². The van der Waals surface area contributed by atoms with Crippen LogP contribution in [0.5, 0.6) is 0 Å². The van der Waals surface area contributed by atoms with Gasteiger partial charge in [0.2, 0.25) is 0 Å². The van der Waals surface area contributed by atoms with E-state index in [1.165, 1.54) is 16.2 Å². The summed E-state index contributed by atoms with van der Waals surface area (Å²) in [5, 5.41) is 9.57. The highest BCUT2D eigenvalue weighted by molar-refractivity contribution is 7.11. The molecule has 1 aliphatic heterocycles. The molecule has 0 atom stereocenters. The van der Waals surface area contributed by atoms with Crippen LogP contribution in [-0.2, 0) is 6.42 Å². The topological polar surface area (TPSA) is 53.4 Å². The minimum absolute atomic E-state index is 0.101. The van der Waals surface area contributed by atoms with Gasteiger partial charge in [0.1, 0.15) is 4.88 Å². The van der Waals surface area contributed by atoms with Gasteiger partial charge in [0.25, 0.3) is 5.91 Å². The fourth-order valence-corrected chi connectivity index (χ4v) is 3.05. The fourth-order valence-electron chi connectivity index (χ4n) is 2.20. The average Bonchev–Trinajstić information content (AvgIpc) is 2.85. The molecule has 4 nitrogen and oxygen atoms in total. The van der Waals surface area contributed by atoms with E-state index in [2.05, 4.69) is 4.98 Å². The molecule has 0 saturated carbocycles. The standard InChI is InChI=1S/C12H15F3N2O2S/c1-2-8-9(20-7-16-8)10(18)17-5-3-11(19,4-6-17)12(13,14)15/h7,19H,2-6H2,1H3. The molecule has 1 amide bonds. The van der Waals surface area contributed by atoms with Crippen molar-refractivity contribution in [3.05, 3.63) is 16.1 Å². The second kappa shape index (κ2) is 5.33. The second-order valence-corrected chi connectivity index (χ2v) is 5.66. The Morgan fingerprint density at radius 2 is 2.10 bits per heavy atom. The molecule has 1 aromatic heterocycles. The molecule has 8 heteroatoms. The monoisotopic (exact) mass is 308 g/mol. The van der Waals surface area contributed by atoms with Crippen LogP contribution in [0.25, 0.3) is 0 Å². The van der Waals surface area contributed by atoms with Crippen LogP contribution < -0.4 is 0 Å². The molecule has 1 aliphatic rings. The van der Waals surface area contributed by atoms with Gasteiger partial charge < -0.3 is 10.0 Å². The van der Waals surface area contributed by atoms with E-state index in [9.17, 15) is 23.1 Å². The molecule has 1 aromatic rings. The number of piperidine rings is 1. The van der Waals surface area contributed by atoms with Crippen LogP contribution in [0.4, 0.5) is 13.2 Å². The number of alkyl halides is 3. The van der Waals surface area contributed by atoms with Crippen molar-refractivity contribution in [2.24, 2.45) is 0 Å². The summed E-state index contributed by atoms with van der Waals surface area (Å²) in [5.74, 6) is -0.298. The van der Waals surface area contributed by atoms with Crippen molar-refractivity contribution in [1.29, 1.82) is 0 Å². The largest absolute Gasteiger partial charge is 0.417 e. The highest BCUT2D eigenvalue weighted by atomic mass is 32.1. The SMILES string of the molecule is CCc1ncsc1C(=O)N1CCC(O)(C(F)(F)F)CC1. The van der Waals surface area contributed by atoms with Crippen molar-refractivity contribution in [3.63, 3.8) is 0 Å².